The zero-order chi connectivity index (χ0) is 10.1. The average Bonchev–Trinajstić information content (AvgIpc) is 2.03. The van der Waals surface area contributed by atoms with E-state index in [4.69, 9.17) is 0 Å². The van der Waals surface area contributed by atoms with E-state index in [1.165, 1.54) is 0 Å². The maximum absolute atomic E-state index is 12.4. The Morgan fingerprint density at radius 1 is 1.31 bits per heavy atom. The van der Waals surface area contributed by atoms with Crippen LogP contribution in [0.1, 0.15) is 11.3 Å². The van der Waals surface area contributed by atoms with Crippen LogP contribution in [0, 0.1) is 5.95 Å². The van der Waals surface area contributed by atoms with Gasteiger partial charge in [-0.1, -0.05) is 22.0 Å². The van der Waals surface area contributed by atoms with E-state index in [1.807, 2.05) is 0 Å². The van der Waals surface area contributed by atoms with E-state index in [9.17, 15) is 17.6 Å². The summed E-state index contributed by atoms with van der Waals surface area (Å²) >= 11 is 2.86. The smallest absolute Gasteiger partial charge is 0.215 e. The van der Waals surface area contributed by atoms with Crippen molar-refractivity contribution in [3.05, 3.63) is 29.3 Å². The minimum atomic E-state index is -4.61. The lowest BCUT2D eigenvalue weighted by Crippen LogP contribution is -2.12. The van der Waals surface area contributed by atoms with E-state index < -0.39 is 17.8 Å². The van der Waals surface area contributed by atoms with E-state index in [-0.39, 0.29) is 10.9 Å². The highest BCUT2D eigenvalue weighted by Crippen LogP contribution is 2.31. The molecule has 1 heterocycles. The minimum Gasteiger partial charge on any atom is -0.215 e. The zero-order valence-electron chi connectivity index (χ0n) is 6.20. The molecule has 0 aliphatic rings. The number of halogens is 5. The Labute approximate surface area is 79.9 Å². The molecule has 1 aromatic rings. The first-order valence-corrected chi connectivity index (χ1v) is 4.36. The summed E-state index contributed by atoms with van der Waals surface area (Å²) in [5, 5.41) is -0.00484. The highest BCUT2D eigenvalue weighted by atomic mass is 79.9. The monoisotopic (exact) mass is 257 g/mol. The van der Waals surface area contributed by atoms with Crippen molar-refractivity contribution in [1.82, 2.24) is 4.98 Å². The van der Waals surface area contributed by atoms with Crippen molar-refractivity contribution in [3.8, 4) is 0 Å². The zero-order valence-corrected chi connectivity index (χ0v) is 7.78. The second-order valence-electron chi connectivity index (χ2n) is 2.27. The van der Waals surface area contributed by atoms with E-state index in [0.717, 1.165) is 12.1 Å². The molecule has 0 atom stereocenters. The van der Waals surface area contributed by atoms with Crippen molar-refractivity contribution in [2.45, 2.75) is 11.5 Å². The molecule has 0 saturated heterocycles. The quantitative estimate of drug-likeness (QED) is 0.428. The molecule has 13 heavy (non-hydrogen) atoms. The molecule has 0 aliphatic carbocycles. The third kappa shape index (κ3) is 2.40. The fourth-order valence-corrected chi connectivity index (χ4v) is 1.27. The van der Waals surface area contributed by atoms with Crippen LogP contribution in [-0.4, -0.2) is 4.98 Å². The fraction of sp³-hybridized carbons (Fsp3) is 0.286. The number of aromatic nitrogens is 1. The molecular formula is C7H4BrF4N. The number of hydrogen-bond donors (Lipinski definition) is 0. The highest BCUT2D eigenvalue weighted by molar-refractivity contribution is 9.08. The van der Waals surface area contributed by atoms with Crippen LogP contribution in [0.2, 0.25) is 0 Å². The molecule has 0 fully saturated rings. The van der Waals surface area contributed by atoms with E-state index in [1.54, 1.807) is 0 Å². The van der Waals surface area contributed by atoms with Crippen LogP contribution in [-0.2, 0) is 11.5 Å². The Hall–Kier alpha value is -0.650. The first kappa shape index (κ1) is 10.4. The molecule has 72 valence electrons. The summed E-state index contributed by atoms with van der Waals surface area (Å²) in [7, 11) is 0. The molecule has 1 rings (SSSR count). The molecule has 1 nitrogen and oxygen atoms in total. The molecule has 0 aliphatic heterocycles. The number of hydrogen-bond acceptors (Lipinski definition) is 1. The van der Waals surface area contributed by atoms with Gasteiger partial charge in [0.2, 0.25) is 5.95 Å². The van der Waals surface area contributed by atoms with Crippen molar-refractivity contribution in [1.29, 1.82) is 0 Å². The SMILES string of the molecule is Fc1ccc(CBr)c(C(F)(F)F)n1. The van der Waals surface area contributed by atoms with Gasteiger partial charge in [-0.25, -0.2) is 4.98 Å². The topological polar surface area (TPSA) is 12.9 Å². The average molecular weight is 258 g/mol. The third-order valence-electron chi connectivity index (χ3n) is 1.36. The van der Waals surface area contributed by atoms with Gasteiger partial charge in [0, 0.05) is 5.33 Å². The van der Waals surface area contributed by atoms with Gasteiger partial charge < -0.3 is 0 Å². The van der Waals surface area contributed by atoms with Crippen LogP contribution in [0.4, 0.5) is 17.6 Å². The maximum Gasteiger partial charge on any atom is 0.433 e. The van der Waals surface area contributed by atoms with Gasteiger partial charge >= 0.3 is 6.18 Å². The molecule has 0 bridgehead atoms. The Balaban J connectivity index is 3.24. The van der Waals surface area contributed by atoms with Crippen molar-refractivity contribution in [2.24, 2.45) is 0 Å². The highest BCUT2D eigenvalue weighted by Gasteiger charge is 2.35. The van der Waals surface area contributed by atoms with Gasteiger partial charge in [-0.3, -0.25) is 0 Å². The molecule has 0 aromatic carbocycles. The molecule has 0 saturated carbocycles. The predicted octanol–water partition coefficient (Wildman–Crippen LogP) is 3.13. The molecule has 0 amide bonds. The van der Waals surface area contributed by atoms with Crippen LogP contribution >= 0.6 is 15.9 Å². The molecule has 0 radical (unpaired) electrons. The van der Waals surface area contributed by atoms with E-state index in [2.05, 4.69) is 20.9 Å². The Morgan fingerprint density at radius 3 is 2.38 bits per heavy atom. The molecule has 0 spiro atoms. The lowest BCUT2D eigenvalue weighted by molar-refractivity contribution is -0.142. The Kier molecular flexibility index (Phi) is 2.90. The summed E-state index contributed by atoms with van der Waals surface area (Å²) in [5.41, 5.74) is -1.25. The van der Waals surface area contributed by atoms with Gasteiger partial charge in [-0.15, -0.1) is 0 Å². The van der Waals surface area contributed by atoms with Crippen molar-refractivity contribution < 1.29 is 17.6 Å². The number of alkyl halides is 4. The van der Waals surface area contributed by atoms with Gasteiger partial charge in [-0.05, 0) is 11.6 Å². The van der Waals surface area contributed by atoms with Crippen LogP contribution in [0.25, 0.3) is 0 Å². The molecule has 0 unspecified atom stereocenters. The first-order valence-electron chi connectivity index (χ1n) is 3.23. The Bertz CT molecular complexity index is 310. The van der Waals surface area contributed by atoms with Gasteiger partial charge in [0.25, 0.3) is 0 Å². The lowest BCUT2D eigenvalue weighted by Gasteiger charge is -2.09. The first-order chi connectivity index (χ1) is 5.95. The second-order valence-corrected chi connectivity index (χ2v) is 2.83. The molecular weight excluding hydrogens is 254 g/mol. The van der Waals surface area contributed by atoms with Crippen LogP contribution < -0.4 is 0 Å². The van der Waals surface area contributed by atoms with E-state index >= 15 is 0 Å². The van der Waals surface area contributed by atoms with Crippen molar-refractivity contribution in [2.75, 3.05) is 0 Å². The standard InChI is InChI=1S/C7H4BrF4N/c8-3-4-1-2-5(9)13-6(4)7(10,11)12/h1-2H,3H2. The van der Waals surface area contributed by atoms with Gasteiger partial charge in [0.15, 0.2) is 5.69 Å². The Morgan fingerprint density at radius 2 is 1.92 bits per heavy atom. The van der Waals surface area contributed by atoms with E-state index in [0.29, 0.717) is 0 Å². The number of pyridine rings is 1. The van der Waals surface area contributed by atoms with Gasteiger partial charge in [-0.2, -0.15) is 17.6 Å². The molecule has 0 N–H and O–H groups in total. The normalized spacial score (nSPS) is 11.8. The van der Waals surface area contributed by atoms with Crippen molar-refractivity contribution >= 4 is 15.9 Å². The minimum absolute atomic E-state index is 0.00484. The lowest BCUT2D eigenvalue weighted by atomic mass is 10.2. The third-order valence-corrected chi connectivity index (χ3v) is 1.96. The summed E-state index contributed by atoms with van der Waals surface area (Å²) in [6.07, 6.45) is -4.61. The van der Waals surface area contributed by atoms with Gasteiger partial charge in [0.1, 0.15) is 0 Å². The summed E-state index contributed by atoms with van der Waals surface area (Å²) < 4.78 is 48.9. The largest absolute Gasteiger partial charge is 0.433 e. The summed E-state index contributed by atoms with van der Waals surface area (Å²) in [6, 6.07) is 1.95. The van der Waals surface area contributed by atoms with Crippen molar-refractivity contribution in [3.63, 3.8) is 0 Å². The van der Waals surface area contributed by atoms with Crippen LogP contribution in [0.3, 0.4) is 0 Å². The van der Waals surface area contributed by atoms with Crippen LogP contribution in [0.15, 0.2) is 12.1 Å². The summed E-state index contributed by atoms with van der Waals surface area (Å²) in [5.74, 6) is -1.13. The molecule has 6 heteroatoms. The fourth-order valence-electron chi connectivity index (χ4n) is 0.817. The summed E-state index contributed by atoms with van der Waals surface area (Å²) in [4.78, 5) is 2.79. The second kappa shape index (κ2) is 3.61. The number of rotatable bonds is 1. The molecule has 1 aromatic heterocycles. The predicted molar refractivity (Wildman–Crippen MR) is 41.8 cm³/mol. The van der Waals surface area contributed by atoms with Gasteiger partial charge in [0.05, 0.1) is 0 Å². The number of nitrogens with zero attached hydrogens (tertiary/aromatic N) is 1. The van der Waals surface area contributed by atoms with Crippen LogP contribution in [0.5, 0.6) is 0 Å². The summed E-state index contributed by atoms with van der Waals surface area (Å²) in [6.45, 7) is 0. The maximum atomic E-state index is 12.4.